The van der Waals surface area contributed by atoms with Gasteiger partial charge in [-0.3, -0.25) is 9.59 Å². The maximum absolute atomic E-state index is 12.4. The van der Waals surface area contributed by atoms with Crippen LogP contribution in [0.25, 0.3) is 10.9 Å². The van der Waals surface area contributed by atoms with E-state index in [1.54, 1.807) is 18.2 Å². The fourth-order valence-electron chi connectivity index (χ4n) is 2.50. The molecule has 2 aromatic carbocycles. The zero-order chi connectivity index (χ0) is 16.4. The number of Topliss-reactive ketones (excluding diaryl/α,β-unsaturated/α-hetero) is 1. The number of aromatic amines is 1. The second-order valence-electron chi connectivity index (χ2n) is 5.33. The molecule has 5 heteroatoms. The normalized spacial score (nSPS) is 12.1. The Labute approximate surface area is 138 Å². The number of aromatic nitrogens is 1. The zero-order valence-corrected chi connectivity index (χ0v) is 13.2. The Morgan fingerprint density at radius 1 is 1.13 bits per heavy atom. The van der Waals surface area contributed by atoms with E-state index >= 15 is 0 Å². The highest BCUT2D eigenvalue weighted by Crippen LogP contribution is 2.22. The largest absolute Gasteiger partial charge is 0.360 e. The lowest BCUT2D eigenvalue weighted by atomic mass is 10.1. The Morgan fingerprint density at radius 2 is 1.87 bits per heavy atom. The number of H-pyrrole nitrogens is 1. The van der Waals surface area contributed by atoms with Gasteiger partial charge in [0.2, 0.25) is 0 Å². The number of hydrogen-bond acceptors (Lipinski definition) is 2. The number of fused-ring (bicyclic) bond motifs is 1. The first kappa shape index (κ1) is 15.3. The number of rotatable bonds is 4. The molecule has 1 atom stereocenters. The van der Waals surface area contributed by atoms with Gasteiger partial charge in [0.05, 0.1) is 11.6 Å². The maximum Gasteiger partial charge on any atom is 0.292 e. The van der Waals surface area contributed by atoms with Crippen LogP contribution in [0.4, 0.5) is 0 Å². The number of halogens is 1. The van der Waals surface area contributed by atoms with Crippen molar-refractivity contribution in [1.29, 1.82) is 0 Å². The second-order valence-corrected chi connectivity index (χ2v) is 5.76. The zero-order valence-electron chi connectivity index (χ0n) is 12.5. The summed E-state index contributed by atoms with van der Waals surface area (Å²) in [7, 11) is 0. The first-order chi connectivity index (χ1) is 11.1. The van der Waals surface area contributed by atoms with Gasteiger partial charge in [-0.1, -0.05) is 48.0 Å². The van der Waals surface area contributed by atoms with E-state index in [-0.39, 0.29) is 6.04 Å². The number of nitrogens with one attached hydrogen (secondary N) is 2. The van der Waals surface area contributed by atoms with Gasteiger partial charge < -0.3 is 10.3 Å². The van der Waals surface area contributed by atoms with Crippen LogP contribution in [0.5, 0.6) is 0 Å². The van der Waals surface area contributed by atoms with Gasteiger partial charge in [-0.25, -0.2) is 0 Å². The smallest absolute Gasteiger partial charge is 0.292 e. The molecular formula is C18H15ClN2O2. The van der Waals surface area contributed by atoms with E-state index in [0.717, 1.165) is 11.1 Å². The minimum Gasteiger partial charge on any atom is -0.360 e. The van der Waals surface area contributed by atoms with Crippen molar-refractivity contribution in [3.05, 3.63) is 70.9 Å². The highest BCUT2D eigenvalue weighted by Gasteiger charge is 2.21. The van der Waals surface area contributed by atoms with Crippen LogP contribution in [-0.4, -0.2) is 16.7 Å². The van der Waals surface area contributed by atoms with E-state index in [1.165, 1.54) is 6.20 Å². The highest BCUT2D eigenvalue weighted by molar-refractivity contribution is 6.45. The predicted molar refractivity (Wildman–Crippen MR) is 90.6 cm³/mol. The fraction of sp³-hybridized carbons (Fsp3) is 0.111. The molecule has 0 bridgehead atoms. The van der Waals surface area contributed by atoms with Crippen LogP contribution in [0.1, 0.15) is 28.9 Å². The first-order valence-electron chi connectivity index (χ1n) is 7.23. The van der Waals surface area contributed by atoms with E-state index < -0.39 is 11.7 Å². The van der Waals surface area contributed by atoms with Gasteiger partial charge in [-0.05, 0) is 24.6 Å². The third-order valence-corrected chi connectivity index (χ3v) is 3.98. The Kier molecular flexibility index (Phi) is 4.17. The Morgan fingerprint density at radius 3 is 2.61 bits per heavy atom. The predicted octanol–water partition coefficient (Wildman–Crippen LogP) is 3.88. The standard InChI is InChI=1S/C18H15ClN2O2/c1-11(12-5-3-2-4-6-12)21-18(23)17(22)15-10-20-16-9-13(19)7-8-14(15)16/h2-11,20H,1H3,(H,21,23). The molecule has 0 saturated heterocycles. The molecule has 0 aliphatic rings. The van der Waals surface area contributed by atoms with E-state index in [0.29, 0.717) is 16.0 Å². The maximum atomic E-state index is 12.4. The van der Waals surface area contributed by atoms with Crippen molar-refractivity contribution in [3.63, 3.8) is 0 Å². The summed E-state index contributed by atoms with van der Waals surface area (Å²) in [6, 6.07) is 14.4. The molecule has 2 N–H and O–H groups in total. The molecule has 1 unspecified atom stereocenters. The molecule has 1 heterocycles. The summed E-state index contributed by atoms with van der Waals surface area (Å²) >= 11 is 5.92. The number of carbonyl (C=O) groups excluding carboxylic acids is 2. The number of benzene rings is 2. The quantitative estimate of drug-likeness (QED) is 0.564. The van der Waals surface area contributed by atoms with E-state index in [1.807, 2.05) is 37.3 Å². The second kappa shape index (κ2) is 6.26. The van der Waals surface area contributed by atoms with Crippen molar-refractivity contribution < 1.29 is 9.59 Å². The highest BCUT2D eigenvalue weighted by atomic mass is 35.5. The van der Waals surface area contributed by atoms with Crippen molar-refractivity contribution in [3.8, 4) is 0 Å². The van der Waals surface area contributed by atoms with Crippen LogP contribution >= 0.6 is 11.6 Å². The lowest BCUT2D eigenvalue weighted by molar-refractivity contribution is -0.117. The molecule has 1 aromatic heterocycles. The summed E-state index contributed by atoms with van der Waals surface area (Å²) in [6.45, 7) is 1.84. The number of hydrogen-bond donors (Lipinski definition) is 2. The lowest BCUT2D eigenvalue weighted by Gasteiger charge is -2.13. The molecule has 116 valence electrons. The SMILES string of the molecule is CC(NC(=O)C(=O)c1c[nH]c2cc(Cl)ccc12)c1ccccc1. The van der Waals surface area contributed by atoms with Gasteiger partial charge in [0.1, 0.15) is 0 Å². The Hall–Kier alpha value is -2.59. The van der Waals surface area contributed by atoms with Gasteiger partial charge in [0.25, 0.3) is 11.7 Å². The molecule has 0 radical (unpaired) electrons. The molecule has 0 fully saturated rings. The number of carbonyl (C=O) groups is 2. The molecule has 4 nitrogen and oxygen atoms in total. The van der Waals surface area contributed by atoms with E-state index in [4.69, 9.17) is 11.6 Å². The summed E-state index contributed by atoms with van der Waals surface area (Å²) in [5, 5.41) is 3.98. The van der Waals surface area contributed by atoms with Crippen molar-refractivity contribution in [1.82, 2.24) is 10.3 Å². The Bertz CT molecular complexity index is 871. The average molecular weight is 327 g/mol. The molecule has 0 spiro atoms. The van der Waals surface area contributed by atoms with Crippen molar-refractivity contribution >= 4 is 34.2 Å². The van der Waals surface area contributed by atoms with Gasteiger partial charge in [-0.2, -0.15) is 0 Å². The topological polar surface area (TPSA) is 62.0 Å². The van der Waals surface area contributed by atoms with Crippen LogP contribution < -0.4 is 5.32 Å². The average Bonchev–Trinajstić information content (AvgIpc) is 2.97. The first-order valence-corrected chi connectivity index (χ1v) is 7.61. The van der Waals surface area contributed by atoms with Gasteiger partial charge in [0, 0.05) is 22.1 Å². The molecule has 3 aromatic rings. The molecule has 0 saturated carbocycles. The van der Waals surface area contributed by atoms with Crippen LogP contribution in [0.3, 0.4) is 0 Å². The van der Waals surface area contributed by atoms with Crippen molar-refractivity contribution in [2.75, 3.05) is 0 Å². The summed E-state index contributed by atoms with van der Waals surface area (Å²) in [5.74, 6) is -1.20. The van der Waals surface area contributed by atoms with Gasteiger partial charge >= 0.3 is 0 Å². The van der Waals surface area contributed by atoms with Crippen LogP contribution in [0.15, 0.2) is 54.7 Å². The molecule has 0 aliphatic heterocycles. The molecular weight excluding hydrogens is 312 g/mol. The van der Waals surface area contributed by atoms with Crippen molar-refractivity contribution in [2.45, 2.75) is 13.0 Å². The monoisotopic (exact) mass is 326 g/mol. The van der Waals surface area contributed by atoms with Gasteiger partial charge in [0.15, 0.2) is 0 Å². The third-order valence-electron chi connectivity index (χ3n) is 3.74. The number of ketones is 1. The molecule has 1 amide bonds. The van der Waals surface area contributed by atoms with E-state index in [9.17, 15) is 9.59 Å². The molecule has 0 aliphatic carbocycles. The van der Waals surface area contributed by atoms with Crippen LogP contribution in [0, 0.1) is 0 Å². The minimum absolute atomic E-state index is 0.243. The Balaban J connectivity index is 1.80. The lowest BCUT2D eigenvalue weighted by Crippen LogP contribution is -2.33. The van der Waals surface area contributed by atoms with E-state index in [2.05, 4.69) is 10.3 Å². The fourth-order valence-corrected chi connectivity index (χ4v) is 2.67. The van der Waals surface area contributed by atoms with Crippen LogP contribution in [-0.2, 0) is 4.79 Å². The summed E-state index contributed by atoms with van der Waals surface area (Å²) in [4.78, 5) is 27.6. The third kappa shape index (κ3) is 3.12. The van der Waals surface area contributed by atoms with Gasteiger partial charge in [-0.15, -0.1) is 0 Å². The van der Waals surface area contributed by atoms with Crippen molar-refractivity contribution in [2.24, 2.45) is 0 Å². The summed E-state index contributed by atoms with van der Waals surface area (Å²) < 4.78 is 0. The summed E-state index contributed by atoms with van der Waals surface area (Å²) in [5.41, 5.74) is 2.01. The summed E-state index contributed by atoms with van der Waals surface area (Å²) in [6.07, 6.45) is 1.54. The van der Waals surface area contributed by atoms with Crippen LogP contribution in [0.2, 0.25) is 5.02 Å². The molecule has 3 rings (SSSR count). The molecule has 23 heavy (non-hydrogen) atoms. The minimum atomic E-state index is -0.628. The number of amides is 1.